The number of nitro benzene ring substituents is 1. The minimum absolute atomic E-state index is 0.0134. The number of carbonyl (C=O) groups excluding carboxylic acids is 1. The van der Waals surface area contributed by atoms with Gasteiger partial charge in [-0.15, -0.1) is 0 Å². The van der Waals surface area contributed by atoms with Gasteiger partial charge in [0.1, 0.15) is 11.1 Å². The first kappa shape index (κ1) is 19.8. The van der Waals surface area contributed by atoms with Gasteiger partial charge in [-0.25, -0.2) is 0 Å². The molecule has 0 aromatic heterocycles. The van der Waals surface area contributed by atoms with E-state index in [1.165, 1.54) is 18.2 Å². The van der Waals surface area contributed by atoms with Gasteiger partial charge in [0.15, 0.2) is 0 Å². The van der Waals surface area contributed by atoms with E-state index in [2.05, 4.69) is 10.6 Å². The fourth-order valence-corrected chi connectivity index (χ4v) is 2.68. The van der Waals surface area contributed by atoms with Crippen molar-refractivity contribution in [1.82, 2.24) is 5.32 Å². The first-order chi connectivity index (χ1) is 12.4. The quantitative estimate of drug-likeness (QED) is 0.542. The third kappa shape index (κ3) is 5.26. The van der Waals surface area contributed by atoms with E-state index in [0.717, 1.165) is 5.56 Å². The second kappa shape index (κ2) is 9.28. The summed E-state index contributed by atoms with van der Waals surface area (Å²) >= 11 is 5.81. The third-order valence-electron chi connectivity index (χ3n) is 3.67. The van der Waals surface area contributed by atoms with Crippen LogP contribution in [-0.2, 0) is 9.53 Å². The average Bonchev–Trinajstić information content (AvgIpc) is 2.62. The Kier molecular flexibility index (Phi) is 7.08. The first-order valence-electron chi connectivity index (χ1n) is 7.97. The SMILES string of the molecule is COC[C@@H](C)N[C@@H](C(=O)Nc1ccc(Cl)c([N+](=O)[O-])c1)c1ccccc1. The van der Waals surface area contributed by atoms with Gasteiger partial charge in [-0.2, -0.15) is 0 Å². The van der Waals surface area contributed by atoms with Crippen molar-refractivity contribution in [2.24, 2.45) is 0 Å². The van der Waals surface area contributed by atoms with Gasteiger partial charge in [0, 0.05) is 24.9 Å². The van der Waals surface area contributed by atoms with E-state index in [1.807, 2.05) is 37.3 Å². The van der Waals surface area contributed by atoms with Gasteiger partial charge in [-0.3, -0.25) is 20.2 Å². The van der Waals surface area contributed by atoms with Crippen LogP contribution in [0.1, 0.15) is 18.5 Å². The number of nitrogens with one attached hydrogen (secondary N) is 2. The molecule has 0 aliphatic heterocycles. The summed E-state index contributed by atoms with van der Waals surface area (Å²) in [5.74, 6) is -0.337. The van der Waals surface area contributed by atoms with E-state index in [0.29, 0.717) is 12.3 Å². The van der Waals surface area contributed by atoms with Gasteiger partial charge < -0.3 is 10.1 Å². The van der Waals surface area contributed by atoms with Crippen molar-refractivity contribution in [3.8, 4) is 0 Å². The molecule has 0 bridgehead atoms. The number of nitro groups is 1. The van der Waals surface area contributed by atoms with E-state index >= 15 is 0 Å². The molecule has 0 fully saturated rings. The van der Waals surface area contributed by atoms with Crippen molar-refractivity contribution in [3.05, 3.63) is 69.2 Å². The Hall–Kier alpha value is -2.48. The molecular weight excluding hydrogens is 358 g/mol. The molecule has 0 radical (unpaired) electrons. The minimum atomic E-state index is -0.643. The maximum atomic E-state index is 12.8. The van der Waals surface area contributed by atoms with Crippen molar-refractivity contribution >= 4 is 28.9 Å². The van der Waals surface area contributed by atoms with E-state index in [1.54, 1.807) is 7.11 Å². The van der Waals surface area contributed by atoms with Crippen LogP contribution < -0.4 is 10.6 Å². The van der Waals surface area contributed by atoms with Crippen molar-refractivity contribution in [3.63, 3.8) is 0 Å². The second-order valence-electron chi connectivity index (χ2n) is 5.78. The summed E-state index contributed by atoms with van der Waals surface area (Å²) in [5, 5.41) is 16.9. The number of methoxy groups -OCH3 is 1. The molecule has 0 saturated heterocycles. The molecule has 7 nitrogen and oxygen atoms in total. The number of nitrogens with zero attached hydrogens (tertiary/aromatic N) is 1. The lowest BCUT2D eigenvalue weighted by Crippen LogP contribution is -2.40. The van der Waals surface area contributed by atoms with Crippen LogP contribution in [-0.4, -0.2) is 30.6 Å². The van der Waals surface area contributed by atoms with Gasteiger partial charge in [-0.1, -0.05) is 41.9 Å². The maximum absolute atomic E-state index is 12.8. The van der Waals surface area contributed by atoms with Crippen LogP contribution in [0.4, 0.5) is 11.4 Å². The number of halogens is 1. The Bertz CT molecular complexity index is 770. The predicted molar refractivity (Wildman–Crippen MR) is 100 cm³/mol. The molecule has 0 aliphatic carbocycles. The summed E-state index contributed by atoms with van der Waals surface area (Å²) in [4.78, 5) is 23.2. The molecule has 8 heteroatoms. The summed E-state index contributed by atoms with van der Waals surface area (Å²) in [7, 11) is 1.59. The minimum Gasteiger partial charge on any atom is -0.383 e. The third-order valence-corrected chi connectivity index (χ3v) is 3.99. The normalized spacial score (nSPS) is 13.0. The Labute approximate surface area is 156 Å². The van der Waals surface area contributed by atoms with Gasteiger partial charge in [-0.05, 0) is 24.6 Å². The predicted octanol–water partition coefficient (Wildman–Crippen LogP) is 3.55. The van der Waals surface area contributed by atoms with Gasteiger partial charge in [0.2, 0.25) is 5.91 Å². The highest BCUT2D eigenvalue weighted by atomic mass is 35.5. The molecule has 0 heterocycles. The summed E-state index contributed by atoms with van der Waals surface area (Å²) in [6.07, 6.45) is 0. The highest BCUT2D eigenvalue weighted by Gasteiger charge is 2.23. The molecule has 2 atom stereocenters. The second-order valence-corrected chi connectivity index (χ2v) is 6.19. The van der Waals surface area contributed by atoms with E-state index in [4.69, 9.17) is 16.3 Å². The van der Waals surface area contributed by atoms with Crippen molar-refractivity contribution < 1.29 is 14.5 Å². The number of hydrogen-bond acceptors (Lipinski definition) is 5. The number of amides is 1. The van der Waals surface area contributed by atoms with Crippen molar-refractivity contribution in [1.29, 1.82) is 0 Å². The molecule has 2 N–H and O–H groups in total. The van der Waals surface area contributed by atoms with E-state index in [9.17, 15) is 14.9 Å². The van der Waals surface area contributed by atoms with Crippen molar-refractivity contribution in [2.75, 3.05) is 19.0 Å². The fourth-order valence-electron chi connectivity index (χ4n) is 2.50. The number of rotatable bonds is 8. The van der Waals surface area contributed by atoms with Crippen LogP contribution in [0.25, 0.3) is 0 Å². The van der Waals surface area contributed by atoms with Crippen LogP contribution in [0.3, 0.4) is 0 Å². The van der Waals surface area contributed by atoms with Crippen LogP contribution in [0.5, 0.6) is 0 Å². The van der Waals surface area contributed by atoms with Gasteiger partial charge >= 0.3 is 0 Å². The van der Waals surface area contributed by atoms with Crippen LogP contribution in [0, 0.1) is 10.1 Å². The molecule has 0 spiro atoms. The van der Waals surface area contributed by atoms with Crippen LogP contribution >= 0.6 is 11.6 Å². The number of carbonyl (C=O) groups is 1. The molecule has 0 saturated carbocycles. The maximum Gasteiger partial charge on any atom is 0.289 e. The molecule has 0 unspecified atom stereocenters. The summed E-state index contributed by atoms with van der Waals surface area (Å²) in [5.41, 5.74) is 0.811. The first-order valence-corrected chi connectivity index (χ1v) is 8.35. The molecule has 1 amide bonds. The fraction of sp³-hybridized carbons (Fsp3) is 0.278. The largest absolute Gasteiger partial charge is 0.383 e. The Balaban J connectivity index is 2.23. The van der Waals surface area contributed by atoms with E-state index < -0.39 is 11.0 Å². The number of anilines is 1. The zero-order valence-corrected chi connectivity index (χ0v) is 15.2. The van der Waals surface area contributed by atoms with Crippen LogP contribution in [0.2, 0.25) is 5.02 Å². The molecule has 0 aliphatic rings. The van der Waals surface area contributed by atoms with Gasteiger partial charge in [0.05, 0.1) is 11.5 Å². The van der Waals surface area contributed by atoms with Gasteiger partial charge in [0.25, 0.3) is 5.69 Å². The molecule has 138 valence electrons. The number of benzene rings is 2. The Morgan fingerprint density at radius 1 is 1.27 bits per heavy atom. The highest BCUT2D eigenvalue weighted by Crippen LogP contribution is 2.28. The monoisotopic (exact) mass is 377 g/mol. The van der Waals surface area contributed by atoms with Crippen molar-refractivity contribution in [2.45, 2.75) is 19.0 Å². The average molecular weight is 378 g/mol. The lowest BCUT2D eigenvalue weighted by Gasteiger charge is -2.23. The summed E-state index contributed by atoms with van der Waals surface area (Å²) < 4.78 is 5.11. The highest BCUT2D eigenvalue weighted by molar-refractivity contribution is 6.32. The Morgan fingerprint density at radius 3 is 2.58 bits per heavy atom. The number of ether oxygens (including phenoxy) is 1. The smallest absolute Gasteiger partial charge is 0.289 e. The number of hydrogen-bond donors (Lipinski definition) is 2. The lowest BCUT2D eigenvalue weighted by molar-refractivity contribution is -0.384. The molecule has 2 aromatic rings. The summed E-state index contributed by atoms with van der Waals surface area (Å²) in [6.45, 7) is 2.34. The van der Waals surface area contributed by atoms with E-state index in [-0.39, 0.29) is 22.7 Å². The summed E-state index contributed by atoms with van der Waals surface area (Å²) in [6, 6.07) is 12.6. The molecule has 2 aromatic carbocycles. The zero-order chi connectivity index (χ0) is 19.1. The molecule has 2 rings (SSSR count). The molecular formula is C18H20ClN3O4. The lowest BCUT2D eigenvalue weighted by atomic mass is 10.0. The zero-order valence-electron chi connectivity index (χ0n) is 14.4. The molecule has 26 heavy (non-hydrogen) atoms. The topological polar surface area (TPSA) is 93.5 Å². The standard InChI is InChI=1S/C18H20ClN3O4/c1-12(11-26-2)20-17(13-6-4-3-5-7-13)18(23)21-14-8-9-15(19)16(10-14)22(24)25/h3-10,12,17,20H,11H2,1-2H3,(H,21,23)/t12-,17-/m1/s1. The van der Waals surface area contributed by atoms with Crippen LogP contribution in [0.15, 0.2) is 48.5 Å². The Morgan fingerprint density at radius 2 is 1.96 bits per heavy atom.